The second kappa shape index (κ2) is 19.5. The van der Waals surface area contributed by atoms with E-state index in [2.05, 4.69) is 6.92 Å². The van der Waals surface area contributed by atoms with E-state index in [1.807, 2.05) is 6.08 Å². The molecule has 0 fully saturated rings. The van der Waals surface area contributed by atoms with E-state index >= 15 is 0 Å². The Morgan fingerprint density at radius 2 is 1.37 bits per heavy atom. The Morgan fingerprint density at radius 3 is 1.93 bits per heavy atom. The van der Waals surface area contributed by atoms with Gasteiger partial charge < -0.3 is 29.9 Å². The Kier molecular flexibility index (Phi) is 18.5. The maximum Gasteiger partial charge on any atom is 0.313 e. The Hall–Kier alpha value is -1.48. The lowest BCUT2D eigenvalue weighted by Crippen LogP contribution is -2.27. The third kappa shape index (κ3) is 16.3. The van der Waals surface area contributed by atoms with Gasteiger partial charge >= 0.3 is 11.9 Å². The fraction of sp³-hybridized carbons (Fsp3) is 0.818. The minimum atomic E-state index is -1.18. The summed E-state index contributed by atoms with van der Waals surface area (Å²) in [5.41, 5.74) is 0. The number of hydrogen-bond donors (Lipinski definition) is 4. The van der Waals surface area contributed by atoms with E-state index in [-0.39, 0.29) is 19.6 Å². The molecule has 3 atom stereocenters. The Bertz CT molecular complexity index is 466. The number of aliphatic hydroxyl groups is 4. The molecule has 0 amide bonds. The van der Waals surface area contributed by atoms with Gasteiger partial charge in [-0.05, 0) is 12.8 Å². The zero-order valence-electron chi connectivity index (χ0n) is 18.2. The number of carbonyl (C=O) groups excluding carboxylic acids is 2. The molecule has 0 bridgehead atoms. The van der Waals surface area contributed by atoms with Crippen LogP contribution in [0.2, 0.25) is 0 Å². The first kappa shape index (κ1) is 28.5. The molecular weight excluding hydrogens is 392 g/mol. The van der Waals surface area contributed by atoms with Gasteiger partial charge in [0.25, 0.3) is 0 Å². The summed E-state index contributed by atoms with van der Waals surface area (Å²) < 4.78 is 9.79. The van der Waals surface area contributed by atoms with Crippen molar-refractivity contribution >= 4 is 11.9 Å². The second-order valence-corrected chi connectivity index (χ2v) is 7.49. The molecule has 0 aromatic rings. The molecule has 4 N–H and O–H groups in total. The molecule has 0 saturated carbocycles. The van der Waals surface area contributed by atoms with E-state index in [0.29, 0.717) is 0 Å². The van der Waals surface area contributed by atoms with Gasteiger partial charge in [0, 0.05) is 0 Å². The first-order chi connectivity index (χ1) is 14.4. The predicted molar refractivity (Wildman–Crippen MR) is 113 cm³/mol. The maximum absolute atomic E-state index is 12.2. The maximum atomic E-state index is 12.2. The van der Waals surface area contributed by atoms with E-state index in [1.165, 1.54) is 38.5 Å². The van der Waals surface area contributed by atoms with Crippen molar-refractivity contribution in [1.29, 1.82) is 0 Å². The number of allylic oxidation sites excluding steroid dienone is 1. The quantitative estimate of drug-likeness (QED) is 0.138. The molecule has 3 unspecified atom stereocenters. The van der Waals surface area contributed by atoms with Crippen molar-refractivity contribution in [3.05, 3.63) is 12.2 Å². The topological polar surface area (TPSA) is 134 Å². The largest absolute Gasteiger partial charge is 0.463 e. The normalized spacial score (nSPS) is 14.4. The van der Waals surface area contributed by atoms with Gasteiger partial charge in [0.2, 0.25) is 0 Å². The second-order valence-electron chi connectivity index (χ2n) is 7.49. The molecule has 0 aromatic carbocycles. The monoisotopic (exact) mass is 432 g/mol. The van der Waals surface area contributed by atoms with Crippen molar-refractivity contribution in [1.82, 2.24) is 0 Å². The van der Waals surface area contributed by atoms with E-state index in [1.54, 1.807) is 6.08 Å². The average Bonchev–Trinajstić information content (AvgIpc) is 2.75. The smallest absolute Gasteiger partial charge is 0.313 e. The number of rotatable bonds is 19. The molecule has 0 radical (unpaired) electrons. The Balaban J connectivity index is 4.41. The number of hydrogen-bond acceptors (Lipinski definition) is 8. The molecule has 0 aliphatic carbocycles. The fourth-order valence-corrected chi connectivity index (χ4v) is 2.70. The Morgan fingerprint density at radius 1 is 0.833 bits per heavy atom. The van der Waals surface area contributed by atoms with Gasteiger partial charge in [-0.3, -0.25) is 9.59 Å². The number of unbranched alkanes of at least 4 members (excludes halogenated alkanes) is 8. The van der Waals surface area contributed by atoms with Gasteiger partial charge in [-0.1, -0.05) is 64.0 Å². The molecule has 176 valence electrons. The van der Waals surface area contributed by atoms with Crippen molar-refractivity contribution in [2.75, 3.05) is 26.4 Å². The van der Waals surface area contributed by atoms with Crippen LogP contribution in [0, 0.1) is 5.92 Å². The first-order valence-electron chi connectivity index (χ1n) is 11.0. The SMILES string of the molecule is CCCCCCCCCCC=CC(CC(=O)OCC(O)CO)C(=O)OCC(O)CO. The van der Waals surface area contributed by atoms with Crippen LogP contribution in [-0.2, 0) is 19.1 Å². The minimum Gasteiger partial charge on any atom is -0.463 e. The third-order valence-electron chi connectivity index (χ3n) is 4.56. The van der Waals surface area contributed by atoms with E-state index in [0.717, 1.165) is 19.3 Å². The van der Waals surface area contributed by atoms with Crippen LogP contribution in [0.1, 0.15) is 71.1 Å². The van der Waals surface area contributed by atoms with E-state index in [9.17, 15) is 19.8 Å². The van der Waals surface area contributed by atoms with Crippen LogP contribution in [0.25, 0.3) is 0 Å². The minimum absolute atomic E-state index is 0.278. The van der Waals surface area contributed by atoms with Crippen molar-refractivity contribution in [2.45, 2.75) is 83.3 Å². The van der Waals surface area contributed by atoms with E-state index < -0.39 is 43.3 Å². The predicted octanol–water partition coefficient (Wildman–Crippen LogP) is 1.87. The van der Waals surface area contributed by atoms with Crippen molar-refractivity contribution in [3.63, 3.8) is 0 Å². The van der Waals surface area contributed by atoms with Crippen LogP contribution < -0.4 is 0 Å². The molecule has 8 heteroatoms. The summed E-state index contributed by atoms with van der Waals surface area (Å²) in [6.07, 6.45) is 11.2. The number of aliphatic hydroxyl groups excluding tert-OH is 4. The number of ether oxygens (including phenoxy) is 2. The summed E-state index contributed by atoms with van der Waals surface area (Å²) in [4.78, 5) is 24.1. The van der Waals surface area contributed by atoms with Gasteiger partial charge in [-0.15, -0.1) is 0 Å². The first-order valence-corrected chi connectivity index (χ1v) is 11.0. The molecule has 0 aliphatic rings. The molecule has 0 aromatic heterocycles. The fourth-order valence-electron chi connectivity index (χ4n) is 2.70. The molecule has 0 rings (SSSR count). The number of esters is 2. The zero-order valence-corrected chi connectivity index (χ0v) is 18.2. The lowest BCUT2D eigenvalue weighted by Gasteiger charge is -2.15. The van der Waals surface area contributed by atoms with Crippen LogP contribution in [-0.4, -0.2) is 71.0 Å². The van der Waals surface area contributed by atoms with Crippen LogP contribution in [0.4, 0.5) is 0 Å². The highest BCUT2D eigenvalue weighted by atomic mass is 16.6. The highest BCUT2D eigenvalue weighted by Gasteiger charge is 2.23. The summed E-state index contributed by atoms with van der Waals surface area (Å²) >= 11 is 0. The summed E-state index contributed by atoms with van der Waals surface area (Å²) in [5.74, 6) is -2.29. The highest BCUT2D eigenvalue weighted by Crippen LogP contribution is 2.13. The van der Waals surface area contributed by atoms with Crippen LogP contribution >= 0.6 is 0 Å². The summed E-state index contributed by atoms with van der Waals surface area (Å²) in [6.45, 7) is 0.407. The summed E-state index contributed by atoms with van der Waals surface area (Å²) in [7, 11) is 0. The Labute approximate surface area is 179 Å². The lowest BCUT2D eigenvalue weighted by molar-refractivity contribution is -0.157. The molecule has 0 heterocycles. The average molecular weight is 433 g/mol. The summed E-state index contributed by atoms with van der Waals surface area (Å²) in [6, 6.07) is 0. The molecule has 0 saturated heterocycles. The standard InChI is InChI=1S/C22H40O8/c1-2-3-4-5-6-7-8-9-10-11-12-18(22(28)30-17-20(26)15-24)13-21(27)29-16-19(25)14-23/h11-12,18-20,23-26H,2-10,13-17H2,1H3. The molecule has 0 aliphatic heterocycles. The van der Waals surface area contributed by atoms with Gasteiger partial charge in [-0.25, -0.2) is 0 Å². The molecule has 30 heavy (non-hydrogen) atoms. The lowest BCUT2D eigenvalue weighted by atomic mass is 10.0. The molecule has 8 nitrogen and oxygen atoms in total. The van der Waals surface area contributed by atoms with E-state index in [4.69, 9.17) is 19.7 Å². The van der Waals surface area contributed by atoms with Gasteiger partial charge in [0.05, 0.1) is 25.6 Å². The van der Waals surface area contributed by atoms with Crippen molar-refractivity contribution < 1.29 is 39.5 Å². The van der Waals surface area contributed by atoms with Gasteiger partial charge in [0.1, 0.15) is 25.4 Å². The molecular formula is C22H40O8. The van der Waals surface area contributed by atoms with Crippen molar-refractivity contribution in [2.24, 2.45) is 5.92 Å². The third-order valence-corrected chi connectivity index (χ3v) is 4.56. The zero-order chi connectivity index (χ0) is 22.6. The van der Waals surface area contributed by atoms with Crippen LogP contribution in [0.3, 0.4) is 0 Å². The van der Waals surface area contributed by atoms with Gasteiger partial charge in [0.15, 0.2) is 0 Å². The van der Waals surface area contributed by atoms with Crippen molar-refractivity contribution in [3.8, 4) is 0 Å². The van der Waals surface area contributed by atoms with Crippen LogP contribution in [0.5, 0.6) is 0 Å². The van der Waals surface area contributed by atoms with Gasteiger partial charge in [-0.2, -0.15) is 0 Å². The summed E-state index contributed by atoms with van der Waals surface area (Å²) in [5, 5.41) is 36.1. The molecule has 0 spiro atoms. The highest BCUT2D eigenvalue weighted by molar-refractivity contribution is 5.81. The van der Waals surface area contributed by atoms with Crippen LogP contribution in [0.15, 0.2) is 12.2 Å². The number of carbonyl (C=O) groups is 2.